The Kier molecular flexibility index (Phi) is 7.61. The lowest BCUT2D eigenvalue weighted by Gasteiger charge is -2.34. The topological polar surface area (TPSA) is 66.4 Å². The van der Waals surface area contributed by atoms with E-state index in [0.29, 0.717) is 18.0 Å². The summed E-state index contributed by atoms with van der Waals surface area (Å²) in [6.07, 6.45) is 1.57. The number of nitrogens with zero attached hydrogens (tertiary/aromatic N) is 3. The number of hydrazone groups is 1. The van der Waals surface area contributed by atoms with E-state index in [9.17, 15) is 4.79 Å². The lowest BCUT2D eigenvalue weighted by Crippen LogP contribution is -2.48. The highest BCUT2D eigenvalue weighted by Gasteiger charge is 2.18. The van der Waals surface area contributed by atoms with E-state index in [1.54, 1.807) is 20.4 Å². The maximum absolute atomic E-state index is 12.2. The molecule has 7 heteroatoms. The number of carbonyl (C=O) groups is 1. The summed E-state index contributed by atoms with van der Waals surface area (Å²) < 4.78 is 10.6. The average Bonchev–Trinajstić information content (AvgIpc) is 2.75. The second-order valence-electron chi connectivity index (χ2n) is 6.91. The molecule has 7 nitrogen and oxygen atoms in total. The summed E-state index contributed by atoms with van der Waals surface area (Å²) in [7, 11) is 3.16. The van der Waals surface area contributed by atoms with E-state index in [2.05, 4.69) is 44.6 Å². The van der Waals surface area contributed by atoms with Gasteiger partial charge in [0.15, 0.2) is 11.5 Å². The maximum atomic E-state index is 12.2. The van der Waals surface area contributed by atoms with Crippen LogP contribution in [0.1, 0.15) is 11.1 Å². The fourth-order valence-corrected chi connectivity index (χ4v) is 3.37. The van der Waals surface area contributed by atoms with Crippen LogP contribution in [0.2, 0.25) is 0 Å². The Labute approximate surface area is 171 Å². The van der Waals surface area contributed by atoms with Crippen LogP contribution in [0.15, 0.2) is 53.6 Å². The number of hydrogen-bond donors (Lipinski definition) is 1. The highest BCUT2D eigenvalue weighted by molar-refractivity contribution is 5.86. The van der Waals surface area contributed by atoms with E-state index in [-0.39, 0.29) is 5.91 Å². The first kappa shape index (κ1) is 20.8. The number of piperazine rings is 1. The molecule has 0 spiro atoms. The van der Waals surface area contributed by atoms with Gasteiger partial charge in [0.1, 0.15) is 0 Å². The Hall–Kier alpha value is -2.90. The molecule has 0 aromatic heterocycles. The monoisotopic (exact) mass is 396 g/mol. The molecular weight excluding hydrogens is 368 g/mol. The summed E-state index contributed by atoms with van der Waals surface area (Å²) in [5.41, 5.74) is 4.66. The number of carbonyl (C=O) groups excluding carboxylic acids is 1. The molecule has 0 atom stereocenters. The van der Waals surface area contributed by atoms with Crippen LogP contribution < -0.4 is 14.9 Å². The van der Waals surface area contributed by atoms with Crippen LogP contribution in [0.4, 0.5) is 0 Å². The van der Waals surface area contributed by atoms with Gasteiger partial charge in [-0.25, -0.2) is 5.43 Å². The fourth-order valence-electron chi connectivity index (χ4n) is 3.37. The Balaban J connectivity index is 1.43. The van der Waals surface area contributed by atoms with Crippen LogP contribution in [0.3, 0.4) is 0 Å². The minimum absolute atomic E-state index is 0.125. The fraction of sp³-hybridized carbons (Fsp3) is 0.364. The van der Waals surface area contributed by atoms with Gasteiger partial charge in [-0.2, -0.15) is 5.10 Å². The van der Waals surface area contributed by atoms with Crippen molar-refractivity contribution in [2.45, 2.75) is 6.54 Å². The van der Waals surface area contributed by atoms with E-state index < -0.39 is 0 Å². The van der Waals surface area contributed by atoms with Crippen molar-refractivity contribution in [3.63, 3.8) is 0 Å². The average molecular weight is 396 g/mol. The first-order valence-corrected chi connectivity index (χ1v) is 9.71. The summed E-state index contributed by atoms with van der Waals surface area (Å²) in [6, 6.07) is 16.0. The molecule has 0 unspecified atom stereocenters. The molecular formula is C22H28N4O3. The summed E-state index contributed by atoms with van der Waals surface area (Å²) in [5, 5.41) is 4.06. The van der Waals surface area contributed by atoms with E-state index in [4.69, 9.17) is 9.47 Å². The maximum Gasteiger partial charge on any atom is 0.254 e. The molecule has 0 radical (unpaired) electrons. The van der Waals surface area contributed by atoms with E-state index in [1.165, 1.54) is 5.56 Å². The largest absolute Gasteiger partial charge is 0.493 e. The third-order valence-corrected chi connectivity index (χ3v) is 4.91. The molecule has 154 valence electrons. The van der Waals surface area contributed by atoms with Crippen LogP contribution in [0.25, 0.3) is 0 Å². The van der Waals surface area contributed by atoms with Crippen molar-refractivity contribution in [1.82, 2.24) is 15.2 Å². The molecule has 1 amide bonds. The van der Waals surface area contributed by atoms with Crippen molar-refractivity contribution in [2.24, 2.45) is 5.10 Å². The molecule has 1 heterocycles. The lowest BCUT2D eigenvalue weighted by molar-refractivity contribution is -0.122. The standard InChI is InChI=1S/C22H28N4O3/c1-28-20-10-6-9-19(22(20)29-2)15-23-24-21(27)17-26-13-11-25(12-14-26)16-18-7-4-3-5-8-18/h3-10,15H,11-14,16-17H2,1-2H3,(H,24,27). The predicted octanol–water partition coefficient (Wildman–Crippen LogP) is 1.97. The molecule has 29 heavy (non-hydrogen) atoms. The smallest absolute Gasteiger partial charge is 0.254 e. The van der Waals surface area contributed by atoms with Crippen molar-refractivity contribution >= 4 is 12.1 Å². The van der Waals surface area contributed by atoms with Crippen molar-refractivity contribution in [2.75, 3.05) is 46.9 Å². The van der Waals surface area contributed by atoms with E-state index >= 15 is 0 Å². The highest BCUT2D eigenvalue weighted by Crippen LogP contribution is 2.29. The van der Waals surface area contributed by atoms with Crippen LogP contribution in [0, 0.1) is 0 Å². The SMILES string of the molecule is COc1cccc(C=NNC(=O)CN2CCN(Cc3ccccc3)CC2)c1OC. The van der Waals surface area contributed by atoms with Crippen LogP contribution in [-0.4, -0.2) is 68.9 Å². The van der Waals surface area contributed by atoms with E-state index in [1.807, 2.05) is 24.3 Å². The quantitative estimate of drug-likeness (QED) is 0.546. The molecule has 1 N–H and O–H groups in total. The zero-order valence-electron chi connectivity index (χ0n) is 17.0. The Morgan fingerprint density at radius 3 is 2.41 bits per heavy atom. The highest BCUT2D eigenvalue weighted by atomic mass is 16.5. The van der Waals surface area contributed by atoms with Crippen molar-refractivity contribution in [1.29, 1.82) is 0 Å². The number of amides is 1. The van der Waals surface area contributed by atoms with Gasteiger partial charge in [-0.15, -0.1) is 0 Å². The number of methoxy groups -OCH3 is 2. The normalized spacial score (nSPS) is 15.4. The van der Waals surface area contributed by atoms with Crippen LogP contribution >= 0.6 is 0 Å². The Bertz CT molecular complexity index is 818. The van der Waals surface area contributed by atoms with Gasteiger partial charge in [-0.1, -0.05) is 36.4 Å². The van der Waals surface area contributed by atoms with Gasteiger partial charge < -0.3 is 9.47 Å². The molecule has 3 rings (SSSR count). The second-order valence-corrected chi connectivity index (χ2v) is 6.91. The number of para-hydroxylation sites is 1. The van der Waals surface area contributed by atoms with Gasteiger partial charge in [0.05, 0.1) is 27.0 Å². The lowest BCUT2D eigenvalue weighted by atomic mass is 10.2. The molecule has 1 saturated heterocycles. The molecule has 0 bridgehead atoms. The van der Waals surface area contributed by atoms with Crippen molar-refractivity contribution < 1.29 is 14.3 Å². The Morgan fingerprint density at radius 2 is 1.72 bits per heavy atom. The zero-order chi connectivity index (χ0) is 20.5. The number of ether oxygens (including phenoxy) is 2. The molecule has 2 aromatic carbocycles. The van der Waals surface area contributed by atoms with Gasteiger partial charge >= 0.3 is 0 Å². The van der Waals surface area contributed by atoms with Gasteiger partial charge in [-0.3, -0.25) is 14.6 Å². The molecule has 1 aliphatic rings. The zero-order valence-corrected chi connectivity index (χ0v) is 17.0. The third-order valence-electron chi connectivity index (χ3n) is 4.91. The Morgan fingerprint density at radius 1 is 1.00 bits per heavy atom. The predicted molar refractivity (Wildman–Crippen MR) is 113 cm³/mol. The van der Waals surface area contributed by atoms with Gasteiger partial charge in [0.25, 0.3) is 5.91 Å². The second kappa shape index (κ2) is 10.6. The molecule has 2 aromatic rings. The van der Waals surface area contributed by atoms with Crippen molar-refractivity contribution in [3.05, 3.63) is 59.7 Å². The van der Waals surface area contributed by atoms with E-state index in [0.717, 1.165) is 38.3 Å². The van der Waals surface area contributed by atoms with Crippen LogP contribution in [-0.2, 0) is 11.3 Å². The minimum atomic E-state index is -0.125. The number of rotatable bonds is 8. The number of nitrogens with one attached hydrogen (secondary N) is 1. The van der Waals surface area contributed by atoms with Crippen LogP contribution in [0.5, 0.6) is 11.5 Å². The number of benzene rings is 2. The summed E-state index contributed by atoms with van der Waals surface area (Å²) in [6.45, 7) is 4.93. The van der Waals surface area contributed by atoms with Crippen molar-refractivity contribution in [3.8, 4) is 11.5 Å². The van der Waals surface area contributed by atoms with Gasteiger partial charge in [-0.05, 0) is 17.7 Å². The molecule has 1 fully saturated rings. The first-order valence-electron chi connectivity index (χ1n) is 9.71. The molecule has 0 aliphatic carbocycles. The summed E-state index contributed by atoms with van der Waals surface area (Å²) in [4.78, 5) is 16.8. The first-order chi connectivity index (χ1) is 14.2. The molecule has 1 aliphatic heterocycles. The molecule has 0 saturated carbocycles. The van der Waals surface area contributed by atoms with Gasteiger partial charge in [0, 0.05) is 38.3 Å². The van der Waals surface area contributed by atoms with Gasteiger partial charge in [0.2, 0.25) is 0 Å². The minimum Gasteiger partial charge on any atom is -0.493 e. The summed E-state index contributed by atoms with van der Waals surface area (Å²) >= 11 is 0. The number of hydrogen-bond acceptors (Lipinski definition) is 6. The summed E-state index contributed by atoms with van der Waals surface area (Å²) in [5.74, 6) is 1.08. The third kappa shape index (κ3) is 6.04.